The summed E-state index contributed by atoms with van der Waals surface area (Å²) in [6, 6.07) is 2.77. The van der Waals surface area contributed by atoms with Crippen LogP contribution >= 0.6 is 23.2 Å². The third kappa shape index (κ3) is 5.85. The van der Waals surface area contributed by atoms with Crippen molar-refractivity contribution < 1.29 is 22.7 Å². The molecule has 1 aromatic rings. The number of ether oxygens (including phenoxy) is 1. The molecule has 0 saturated heterocycles. The summed E-state index contributed by atoms with van der Waals surface area (Å²) in [7, 11) is 0. The van der Waals surface area contributed by atoms with Crippen molar-refractivity contribution in [1.29, 1.82) is 0 Å². The van der Waals surface area contributed by atoms with Crippen LogP contribution in [-0.2, 0) is 9.53 Å². The number of nitrogen functional groups attached to an aromatic ring is 1. The standard InChI is InChI=1S/C11H11Cl2F3N2O2/c12-7-3-6(4-8(13)10(7)17)18-9(19)1-2-20-5-11(14,15)16/h3-4H,1-2,5,17H2,(H,18,19). The molecule has 0 radical (unpaired) electrons. The van der Waals surface area contributed by atoms with Crippen LogP contribution in [0, 0.1) is 0 Å². The second-order valence-electron chi connectivity index (χ2n) is 3.82. The van der Waals surface area contributed by atoms with Crippen molar-refractivity contribution >= 4 is 40.5 Å². The molecule has 0 aliphatic heterocycles. The van der Waals surface area contributed by atoms with Gasteiger partial charge in [0.05, 0.1) is 28.8 Å². The van der Waals surface area contributed by atoms with Gasteiger partial charge in [0.25, 0.3) is 0 Å². The van der Waals surface area contributed by atoms with E-state index in [4.69, 9.17) is 28.9 Å². The van der Waals surface area contributed by atoms with E-state index >= 15 is 0 Å². The number of alkyl halides is 3. The third-order valence-electron chi connectivity index (χ3n) is 2.10. The summed E-state index contributed by atoms with van der Waals surface area (Å²) in [5, 5.41) is 2.76. The van der Waals surface area contributed by atoms with E-state index in [0.29, 0.717) is 5.69 Å². The van der Waals surface area contributed by atoms with E-state index in [-0.39, 0.29) is 28.8 Å². The lowest BCUT2D eigenvalue weighted by Crippen LogP contribution is -2.20. The number of nitrogens with one attached hydrogen (secondary N) is 1. The van der Waals surface area contributed by atoms with E-state index in [9.17, 15) is 18.0 Å². The molecule has 1 rings (SSSR count). The van der Waals surface area contributed by atoms with Crippen LogP contribution in [-0.4, -0.2) is 25.3 Å². The van der Waals surface area contributed by atoms with Gasteiger partial charge in [-0.15, -0.1) is 0 Å². The van der Waals surface area contributed by atoms with Gasteiger partial charge in [0.2, 0.25) is 5.91 Å². The smallest absolute Gasteiger partial charge is 0.396 e. The Hall–Kier alpha value is -1.18. The third-order valence-corrected chi connectivity index (χ3v) is 2.73. The zero-order valence-corrected chi connectivity index (χ0v) is 11.6. The fourth-order valence-corrected chi connectivity index (χ4v) is 1.72. The minimum absolute atomic E-state index is 0.168. The van der Waals surface area contributed by atoms with E-state index in [1.807, 2.05) is 0 Å². The lowest BCUT2D eigenvalue weighted by molar-refractivity contribution is -0.174. The number of amides is 1. The highest BCUT2D eigenvalue weighted by molar-refractivity contribution is 6.39. The summed E-state index contributed by atoms with van der Waals surface area (Å²) < 4.78 is 39.7. The maximum absolute atomic E-state index is 11.8. The molecule has 0 aliphatic carbocycles. The van der Waals surface area contributed by atoms with Crippen LogP contribution < -0.4 is 11.1 Å². The van der Waals surface area contributed by atoms with Gasteiger partial charge in [-0.1, -0.05) is 23.2 Å². The molecule has 1 aromatic carbocycles. The summed E-state index contributed by atoms with van der Waals surface area (Å²) >= 11 is 11.5. The molecule has 112 valence electrons. The first-order valence-electron chi connectivity index (χ1n) is 5.38. The van der Waals surface area contributed by atoms with Crippen LogP contribution in [0.25, 0.3) is 0 Å². The number of rotatable bonds is 5. The topological polar surface area (TPSA) is 64.3 Å². The van der Waals surface area contributed by atoms with Crippen molar-refractivity contribution in [3.63, 3.8) is 0 Å². The Balaban J connectivity index is 2.43. The molecule has 0 atom stereocenters. The maximum Gasteiger partial charge on any atom is 0.411 e. The average Bonchev–Trinajstić information content (AvgIpc) is 2.30. The molecule has 0 heterocycles. The van der Waals surface area contributed by atoms with Gasteiger partial charge >= 0.3 is 6.18 Å². The molecule has 0 saturated carbocycles. The molecule has 0 spiro atoms. The normalized spacial score (nSPS) is 11.4. The summed E-state index contributed by atoms with van der Waals surface area (Å²) in [4.78, 5) is 11.5. The first-order chi connectivity index (χ1) is 9.19. The Bertz CT molecular complexity index is 472. The zero-order valence-electron chi connectivity index (χ0n) is 10.1. The molecule has 20 heavy (non-hydrogen) atoms. The number of anilines is 2. The Morgan fingerprint density at radius 2 is 1.85 bits per heavy atom. The molecule has 3 N–H and O–H groups in total. The zero-order chi connectivity index (χ0) is 15.3. The van der Waals surface area contributed by atoms with E-state index in [0.717, 1.165) is 0 Å². The fourth-order valence-electron chi connectivity index (χ4n) is 1.23. The first-order valence-corrected chi connectivity index (χ1v) is 6.13. The van der Waals surface area contributed by atoms with Crippen LogP contribution in [0.1, 0.15) is 6.42 Å². The van der Waals surface area contributed by atoms with Gasteiger partial charge < -0.3 is 15.8 Å². The monoisotopic (exact) mass is 330 g/mol. The minimum Gasteiger partial charge on any atom is -0.396 e. The molecule has 0 bridgehead atoms. The molecule has 0 aromatic heterocycles. The first kappa shape index (κ1) is 16.9. The van der Waals surface area contributed by atoms with Gasteiger partial charge in [0, 0.05) is 5.69 Å². The summed E-state index contributed by atoms with van der Waals surface area (Å²) in [5.74, 6) is -0.524. The van der Waals surface area contributed by atoms with Gasteiger partial charge in [-0.3, -0.25) is 4.79 Å². The van der Waals surface area contributed by atoms with Gasteiger partial charge in [0.1, 0.15) is 6.61 Å². The van der Waals surface area contributed by atoms with Crippen molar-refractivity contribution in [2.75, 3.05) is 24.3 Å². The van der Waals surface area contributed by atoms with E-state index in [1.54, 1.807) is 0 Å². The Morgan fingerprint density at radius 1 is 1.30 bits per heavy atom. The second kappa shape index (κ2) is 7.01. The van der Waals surface area contributed by atoms with Crippen molar-refractivity contribution in [3.8, 4) is 0 Å². The molecular weight excluding hydrogens is 320 g/mol. The predicted octanol–water partition coefficient (Wildman–Crippen LogP) is 3.48. The Morgan fingerprint density at radius 3 is 2.35 bits per heavy atom. The Labute approximate surface area is 123 Å². The number of nitrogens with two attached hydrogens (primary N) is 1. The molecule has 0 fully saturated rings. The predicted molar refractivity (Wildman–Crippen MR) is 71.0 cm³/mol. The highest BCUT2D eigenvalue weighted by atomic mass is 35.5. The van der Waals surface area contributed by atoms with Crippen LogP contribution in [0.2, 0.25) is 10.0 Å². The van der Waals surface area contributed by atoms with Crippen molar-refractivity contribution in [2.24, 2.45) is 0 Å². The SMILES string of the molecule is Nc1c(Cl)cc(NC(=O)CCOCC(F)(F)F)cc1Cl. The van der Waals surface area contributed by atoms with Gasteiger partial charge in [-0.05, 0) is 12.1 Å². The summed E-state index contributed by atoms with van der Waals surface area (Å²) in [6.07, 6.45) is -4.63. The van der Waals surface area contributed by atoms with Crippen molar-refractivity contribution in [2.45, 2.75) is 12.6 Å². The second-order valence-corrected chi connectivity index (χ2v) is 4.63. The number of hydrogen-bond acceptors (Lipinski definition) is 3. The van der Waals surface area contributed by atoms with Gasteiger partial charge in [-0.2, -0.15) is 13.2 Å². The van der Waals surface area contributed by atoms with Crippen LogP contribution in [0.5, 0.6) is 0 Å². The van der Waals surface area contributed by atoms with Crippen LogP contribution in [0.3, 0.4) is 0 Å². The van der Waals surface area contributed by atoms with E-state index in [1.165, 1.54) is 12.1 Å². The molecule has 4 nitrogen and oxygen atoms in total. The van der Waals surface area contributed by atoms with Crippen molar-refractivity contribution in [3.05, 3.63) is 22.2 Å². The fraction of sp³-hybridized carbons (Fsp3) is 0.364. The lowest BCUT2D eigenvalue weighted by Gasteiger charge is -2.09. The summed E-state index contributed by atoms with van der Waals surface area (Å²) in [6.45, 7) is -1.73. The van der Waals surface area contributed by atoms with Gasteiger partial charge in [-0.25, -0.2) is 0 Å². The molecule has 0 unspecified atom stereocenters. The maximum atomic E-state index is 11.8. The molecular formula is C11H11Cl2F3N2O2. The van der Waals surface area contributed by atoms with Crippen molar-refractivity contribution in [1.82, 2.24) is 0 Å². The summed E-state index contributed by atoms with van der Waals surface area (Å²) in [5.41, 5.74) is 6.00. The molecule has 0 aliphatic rings. The highest BCUT2D eigenvalue weighted by Crippen LogP contribution is 2.31. The van der Waals surface area contributed by atoms with E-state index in [2.05, 4.69) is 10.1 Å². The quantitative estimate of drug-likeness (QED) is 0.641. The lowest BCUT2D eigenvalue weighted by atomic mass is 10.2. The molecule has 9 heteroatoms. The number of carbonyl (C=O) groups excluding carboxylic acids is 1. The molecule has 1 amide bonds. The highest BCUT2D eigenvalue weighted by Gasteiger charge is 2.27. The number of hydrogen-bond donors (Lipinski definition) is 2. The van der Waals surface area contributed by atoms with Crippen LogP contribution in [0.15, 0.2) is 12.1 Å². The Kier molecular flexibility index (Phi) is 5.91. The minimum atomic E-state index is -4.41. The van der Waals surface area contributed by atoms with E-state index < -0.39 is 18.7 Å². The number of carbonyl (C=O) groups is 1. The van der Waals surface area contributed by atoms with Gasteiger partial charge in [0.15, 0.2) is 0 Å². The largest absolute Gasteiger partial charge is 0.411 e. The number of benzene rings is 1. The average molecular weight is 331 g/mol. The number of halogens is 5. The van der Waals surface area contributed by atoms with Crippen LogP contribution in [0.4, 0.5) is 24.5 Å².